The zero-order chi connectivity index (χ0) is 22.0. The number of hydrogen-bond acceptors (Lipinski definition) is 5. The number of amides is 2. The molecule has 0 saturated carbocycles. The zero-order valence-electron chi connectivity index (χ0n) is 17.8. The predicted molar refractivity (Wildman–Crippen MR) is 119 cm³/mol. The van der Waals surface area contributed by atoms with Gasteiger partial charge in [0.1, 0.15) is 0 Å². The maximum absolute atomic E-state index is 12.8. The molecule has 0 bridgehead atoms. The number of aliphatic hydroxyl groups excluding tert-OH is 1. The molecule has 3 heterocycles. The van der Waals surface area contributed by atoms with Crippen molar-refractivity contribution in [2.75, 3.05) is 44.7 Å². The number of ether oxygens (including phenoxy) is 1. The van der Waals surface area contributed by atoms with Crippen LogP contribution in [0.1, 0.15) is 32.9 Å². The summed E-state index contributed by atoms with van der Waals surface area (Å²) in [6.45, 7) is 7.27. The largest absolute Gasteiger partial charge is 0.390 e. The van der Waals surface area contributed by atoms with Crippen molar-refractivity contribution >= 4 is 29.2 Å². The monoisotopic (exact) mass is 424 g/mol. The lowest BCUT2D eigenvalue weighted by atomic mass is 10.0. The Bertz CT molecular complexity index is 1020. The molecule has 31 heavy (non-hydrogen) atoms. The topological polar surface area (TPSA) is 107 Å². The second-order valence-corrected chi connectivity index (χ2v) is 8.00. The van der Waals surface area contributed by atoms with Crippen molar-refractivity contribution in [2.45, 2.75) is 20.0 Å². The average Bonchev–Trinajstić information content (AvgIpc) is 3.22. The van der Waals surface area contributed by atoms with Crippen LogP contribution >= 0.6 is 0 Å². The third kappa shape index (κ3) is 4.56. The molecule has 0 radical (unpaired) electrons. The molecule has 8 heteroatoms. The number of benzene rings is 1. The number of nitrogens with zero attached hydrogens (tertiary/aromatic N) is 1. The number of H-pyrrole nitrogens is 1. The molecular weight excluding hydrogens is 396 g/mol. The predicted octanol–water partition coefficient (Wildman–Crippen LogP) is 1.55. The maximum atomic E-state index is 12.8. The van der Waals surface area contributed by atoms with Crippen molar-refractivity contribution in [3.05, 3.63) is 52.3 Å². The van der Waals surface area contributed by atoms with E-state index >= 15 is 0 Å². The summed E-state index contributed by atoms with van der Waals surface area (Å²) in [6.07, 6.45) is 1.13. The van der Waals surface area contributed by atoms with Gasteiger partial charge in [0, 0.05) is 48.8 Å². The Kier molecular flexibility index (Phi) is 6.22. The summed E-state index contributed by atoms with van der Waals surface area (Å²) >= 11 is 0. The minimum Gasteiger partial charge on any atom is -0.390 e. The van der Waals surface area contributed by atoms with Crippen molar-refractivity contribution in [1.82, 2.24) is 15.2 Å². The first-order chi connectivity index (χ1) is 14.9. The molecule has 1 atom stereocenters. The fourth-order valence-corrected chi connectivity index (χ4v) is 4.13. The molecule has 2 aliphatic heterocycles. The fourth-order valence-electron chi connectivity index (χ4n) is 4.13. The molecule has 1 unspecified atom stereocenters. The van der Waals surface area contributed by atoms with E-state index in [0.29, 0.717) is 30.9 Å². The number of rotatable bonds is 6. The number of carbonyl (C=O) groups excluding carboxylic acids is 2. The zero-order valence-corrected chi connectivity index (χ0v) is 17.8. The number of carbonyl (C=O) groups is 2. The van der Waals surface area contributed by atoms with Crippen LogP contribution in [-0.2, 0) is 9.53 Å². The van der Waals surface area contributed by atoms with Crippen LogP contribution in [0.2, 0.25) is 0 Å². The molecule has 2 aromatic rings. The van der Waals surface area contributed by atoms with Crippen LogP contribution in [0.4, 0.5) is 5.69 Å². The lowest BCUT2D eigenvalue weighted by Gasteiger charge is -2.28. The SMILES string of the molecule is Cc1[nH]c(/C=C2\C(=O)Nc3ccccc32)c(C)c1C(=O)NCC(O)CN1CCOCC1. The first kappa shape index (κ1) is 21.3. The highest BCUT2D eigenvalue weighted by atomic mass is 16.5. The minimum absolute atomic E-state index is 0.162. The summed E-state index contributed by atoms with van der Waals surface area (Å²) in [7, 11) is 0. The standard InChI is InChI=1S/C23H28N4O4/c1-14-20(11-18-17-5-3-4-6-19(17)26-22(18)29)25-15(2)21(14)23(30)24-12-16(28)13-27-7-9-31-10-8-27/h3-6,11,16,25,28H,7-10,12-13H2,1-2H3,(H,24,30)(H,26,29)/b18-11-. The summed E-state index contributed by atoms with van der Waals surface area (Å²) in [5, 5.41) is 16.0. The van der Waals surface area contributed by atoms with Gasteiger partial charge in [-0.2, -0.15) is 0 Å². The second kappa shape index (κ2) is 9.05. The molecule has 1 fully saturated rings. The molecule has 0 spiro atoms. The fraction of sp³-hybridized carbons (Fsp3) is 0.391. The molecule has 1 saturated heterocycles. The third-order valence-corrected chi connectivity index (χ3v) is 5.77. The lowest BCUT2D eigenvalue weighted by Crippen LogP contribution is -2.44. The van der Waals surface area contributed by atoms with Crippen molar-refractivity contribution in [3.63, 3.8) is 0 Å². The van der Waals surface area contributed by atoms with E-state index in [2.05, 4.69) is 20.5 Å². The highest BCUT2D eigenvalue weighted by molar-refractivity contribution is 6.34. The summed E-state index contributed by atoms with van der Waals surface area (Å²) in [6, 6.07) is 7.53. The number of nitrogens with one attached hydrogen (secondary N) is 3. The Labute approximate surface area is 181 Å². The summed E-state index contributed by atoms with van der Waals surface area (Å²) in [5.41, 5.74) is 4.94. The maximum Gasteiger partial charge on any atom is 0.256 e. The molecule has 1 aromatic heterocycles. The van der Waals surface area contributed by atoms with E-state index in [9.17, 15) is 14.7 Å². The van der Waals surface area contributed by atoms with Gasteiger partial charge in [0.15, 0.2) is 0 Å². The lowest BCUT2D eigenvalue weighted by molar-refractivity contribution is -0.110. The number of aliphatic hydroxyl groups is 1. The van der Waals surface area contributed by atoms with Crippen LogP contribution in [-0.4, -0.2) is 72.3 Å². The van der Waals surface area contributed by atoms with Crippen molar-refractivity contribution in [1.29, 1.82) is 0 Å². The van der Waals surface area contributed by atoms with E-state index in [4.69, 9.17) is 4.74 Å². The van der Waals surface area contributed by atoms with Crippen LogP contribution in [0.3, 0.4) is 0 Å². The molecule has 2 aliphatic rings. The average molecular weight is 425 g/mol. The number of anilines is 1. The van der Waals surface area contributed by atoms with Crippen LogP contribution < -0.4 is 10.6 Å². The molecular formula is C23H28N4O4. The van der Waals surface area contributed by atoms with Gasteiger partial charge < -0.3 is 25.5 Å². The highest BCUT2D eigenvalue weighted by Gasteiger charge is 2.25. The minimum atomic E-state index is -0.651. The Morgan fingerprint density at radius 1 is 1.29 bits per heavy atom. The van der Waals surface area contributed by atoms with Gasteiger partial charge in [-0.1, -0.05) is 18.2 Å². The number of aromatic amines is 1. The normalized spacial score (nSPS) is 18.7. The Balaban J connectivity index is 1.45. The number of morpholine rings is 1. The number of hydrogen-bond donors (Lipinski definition) is 4. The van der Waals surface area contributed by atoms with Crippen LogP contribution in [0, 0.1) is 13.8 Å². The van der Waals surface area contributed by atoms with Gasteiger partial charge in [0.25, 0.3) is 11.8 Å². The summed E-state index contributed by atoms with van der Waals surface area (Å²) in [5.74, 6) is -0.404. The van der Waals surface area contributed by atoms with Crippen molar-refractivity contribution < 1.29 is 19.4 Å². The molecule has 164 valence electrons. The summed E-state index contributed by atoms with van der Waals surface area (Å²) in [4.78, 5) is 30.6. The number of para-hydroxylation sites is 1. The Morgan fingerprint density at radius 3 is 2.81 bits per heavy atom. The second-order valence-electron chi connectivity index (χ2n) is 8.00. The van der Waals surface area contributed by atoms with Crippen molar-refractivity contribution in [3.8, 4) is 0 Å². The van der Waals surface area contributed by atoms with Gasteiger partial charge in [-0.3, -0.25) is 14.5 Å². The van der Waals surface area contributed by atoms with Crippen molar-refractivity contribution in [2.24, 2.45) is 0 Å². The van der Waals surface area contributed by atoms with Crippen LogP contribution in [0.5, 0.6) is 0 Å². The highest BCUT2D eigenvalue weighted by Crippen LogP contribution is 2.33. The summed E-state index contributed by atoms with van der Waals surface area (Å²) < 4.78 is 5.31. The van der Waals surface area contributed by atoms with Crippen LogP contribution in [0.15, 0.2) is 24.3 Å². The van der Waals surface area contributed by atoms with Gasteiger partial charge >= 0.3 is 0 Å². The van der Waals surface area contributed by atoms with E-state index in [1.165, 1.54) is 0 Å². The van der Waals surface area contributed by atoms with Gasteiger partial charge in [-0.15, -0.1) is 0 Å². The number of fused-ring (bicyclic) bond motifs is 1. The van der Waals surface area contributed by atoms with Gasteiger partial charge in [0.05, 0.1) is 30.5 Å². The Morgan fingerprint density at radius 2 is 2.03 bits per heavy atom. The molecule has 2 amide bonds. The number of β-amino-alcohol motifs (C(OH)–C–C–N with tert-alkyl or cyclic N) is 1. The molecule has 0 aliphatic carbocycles. The van der Waals surface area contributed by atoms with E-state index in [1.54, 1.807) is 6.08 Å². The van der Waals surface area contributed by atoms with Gasteiger partial charge in [-0.25, -0.2) is 0 Å². The first-order valence-corrected chi connectivity index (χ1v) is 10.5. The van der Waals surface area contributed by atoms with Gasteiger partial charge in [0.2, 0.25) is 0 Å². The number of aromatic nitrogens is 1. The number of aryl methyl sites for hydroxylation is 1. The van der Waals surface area contributed by atoms with Gasteiger partial charge in [-0.05, 0) is 31.6 Å². The molecule has 4 rings (SSSR count). The van der Waals surface area contributed by atoms with Crippen LogP contribution in [0.25, 0.3) is 11.6 Å². The molecule has 4 N–H and O–H groups in total. The quantitative estimate of drug-likeness (QED) is 0.527. The smallest absolute Gasteiger partial charge is 0.256 e. The molecule has 8 nitrogen and oxygen atoms in total. The van der Waals surface area contributed by atoms with E-state index in [-0.39, 0.29) is 18.4 Å². The Hall–Kier alpha value is -2.94. The van der Waals surface area contributed by atoms with E-state index in [1.807, 2.05) is 38.1 Å². The van der Waals surface area contributed by atoms with E-state index in [0.717, 1.165) is 41.3 Å². The first-order valence-electron chi connectivity index (χ1n) is 10.5. The third-order valence-electron chi connectivity index (χ3n) is 5.77. The molecule has 1 aromatic carbocycles. The van der Waals surface area contributed by atoms with E-state index < -0.39 is 6.10 Å².